The Morgan fingerprint density at radius 3 is 2.50 bits per heavy atom. The Bertz CT molecular complexity index is 1070. The lowest BCUT2D eigenvalue weighted by atomic mass is 10.2. The molecule has 1 saturated heterocycles. The number of amides is 1. The van der Waals surface area contributed by atoms with Gasteiger partial charge < -0.3 is 18.9 Å². The summed E-state index contributed by atoms with van der Waals surface area (Å²) < 4.78 is 15.9. The third-order valence-corrected chi connectivity index (χ3v) is 5.40. The van der Waals surface area contributed by atoms with Crippen molar-refractivity contribution in [1.82, 2.24) is 19.9 Å². The van der Waals surface area contributed by atoms with Gasteiger partial charge in [-0.1, -0.05) is 23.4 Å². The van der Waals surface area contributed by atoms with E-state index in [9.17, 15) is 4.79 Å². The van der Waals surface area contributed by atoms with E-state index in [1.54, 1.807) is 26.4 Å². The van der Waals surface area contributed by atoms with Crippen LogP contribution in [0.1, 0.15) is 11.5 Å². The van der Waals surface area contributed by atoms with Gasteiger partial charge in [0.25, 0.3) is 0 Å². The molecule has 2 aromatic carbocycles. The highest BCUT2D eigenvalue weighted by molar-refractivity contribution is 5.92. The largest absolute Gasteiger partial charge is 0.497 e. The van der Waals surface area contributed by atoms with Crippen LogP contribution >= 0.6 is 0 Å². The maximum absolute atomic E-state index is 12.6. The summed E-state index contributed by atoms with van der Waals surface area (Å²) in [6, 6.07) is 15.1. The van der Waals surface area contributed by atoms with Crippen LogP contribution in [0.2, 0.25) is 0 Å². The van der Waals surface area contributed by atoms with Crippen LogP contribution in [-0.4, -0.2) is 66.2 Å². The third-order valence-electron chi connectivity index (χ3n) is 5.40. The number of carbonyl (C=O) groups excluding carboxylic acids is 1. The van der Waals surface area contributed by atoms with Crippen LogP contribution in [-0.2, 0) is 11.3 Å². The molecule has 0 spiro atoms. The highest BCUT2D eigenvalue weighted by atomic mass is 16.5. The lowest BCUT2D eigenvalue weighted by molar-refractivity contribution is -0.127. The number of rotatable bonds is 7. The van der Waals surface area contributed by atoms with Crippen molar-refractivity contribution in [3.05, 3.63) is 66.1 Å². The molecule has 0 atom stereocenters. The minimum absolute atomic E-state index is 0.00450. The van der Waals surface area contributed by atoms with E-state index in [1.807, 2.05) is 53.4 Å². The van der Waals surface area contributed by atoms with Crippen LogP contribution in [0.3, 0.4) is 0 Å². The molecule has 1 aliphatic heterocycles. The number of piperazine rings is 1. The number of carbonyl (C=O) groups is 1. The van der Waals surface area contributed by atoms with Crippen molar-refractivity contribution in [3.63, 3.8) is 0 Å². The average molecular weight is 434 g/mol. The number of aromatic nitrogens is 2. The van der Waals surface area contributed by atoms with Gasteiger partial charge >= 0.3 is 0 Å². The molecule has 8 nitrogen and oxygen atoms in total. The van der Waals surface area contributed by atoms with Gasteiger partial charge in [-0.3, -0.25) is 9.69 Å². The van der Waals surface area contributed by atoms with Crippen LogP contribution in [0.4, 0.5) is 0 Å². The number of nitrogens with zero attached hydrogens (tertiary/aromatic N) is 4. The summed E-state index contributed by atoms with van der Waals surface area (Å²) in [6.07, 6.45) is 3.40. The quantitative estimate of drug-likeness (QED) is 0.529. The zero-order valence-electron chi connectivity index (χ0n) is 18.2. The number of methoxy groups -OCH3 is 2. The lowest BCUT2D eigenvalue weighted by Crippen LogP contribution is -2.47. The molecule has 0 saturated carbocycles. The molecular formula is C24H26N4O4. The highest BCUT2D eigenvalue weighted by Gasteiger charge is 2.21. The zero-order chi connectivity index (χ0) is 22.3. The molecule has 3 aromatic rings. The van der Waals surface area contributed by atoms with Gasteiger partial charge in [0.05, 0.1) is 20.8 Å². The summed E-state index contributed by atoms with van der Waals surface area (Å²) in [6.45, 7) is 3.34. The van der Waals surface area contributed by atoms with Gasteiger partial charge in [-0.25, -0.2) is 0 Å². The predicted molar refractivity (Wildman–Crippen MR) is 120 cm³/mol. The minimum atomic E-state index is -0.00450. The Balaban J connectivity index is 1.29. The fourth-order valence-electron chi connectivity index (χ4n) is 3.56. The van der Waals surface area contributed by atoms with Gasteiger partial charge in [0.1, 0.15) is 11.5 Å². The van der Waals surface area contributed by atoms with Crippen LogP contribution < -0.4 is 9.47 Å². The van der Waals surface area contributed by atoms with E-state index >= 15 is 0 Å². The second-order valence-corrected chi connectivity index (χ2v) is 7.42. The van der Waals surface area contributed by atoms with E-state index < -0.39 is 0 Å². The fraction of sp³-hybridized carbons (Fsp3) is 0.292. The molecule has 4 rings (SSSR count). The SMILES string of the molecule is COc1ccc(-c2noc(CN3CCN(C(=O)C=Cc4ccccc4OC)CC3)n2)cc1. The second kappa shape index (κ2) is 10.1. The molecule has 32 heavy (non-hydrogen) atoms. The maximum atomic E-state index is 12.6. The van der Waals surface area contributed by atoms with Gasteiger partial charge in [0.15, 0.2) is 0 Å². The summed E-state index contributed by atoms with van der Waals surface area (Å²) in [4.78, 5) is 21.1. The van der Waals surface area contributed by atoms with Crippen LogP contribution in [0.25, 0.3) is 17.5 Å². The first kappa shape index (κ1) is 21.6. The van der Waals surface area contributed by atoms with E-state index in [-0.39, 0.29) is 5.91 Å². The predicted octanol–water partition coefficient (Wildman–Crippen LogP) is 3.11. The highest BCUT2D eigenvalue weighted by Crippen LogP contribution is 2.21. The summed E-state index contributed by atoms with van der Waals surface area (Å²) in [5.41, 5.74) is 1.75. The van der Waals surface area contributed by atoms with Crippen molar-refractivity contribution in [2.75, 3.05) is 40.4 Å². The molecule has 2 heterocycles. The van der Waals surface area contributed by atoms with E-state index in [1.165, 1.54) is 0 Å². The fourth-order valence-corrected chi connectivity index (χ4v) is 3.56. The van der Waals surface area contributed by atoms with Crippen LogP contribution in [0.5, 0.6) is 11.5 Å². The molecule has 0 aliphatic carbocycles. The topological polar surface area (TPSA) is 80.9 Å². The monoisotopic (exact) mass is 434 g/mol. The van der Waals surface area contributed by atoms with Gasteiger partial charge in [-0.2, -0.15) is 4.98 Å². The first-order valence-electron chi connectivity index (χ1n) is 10.5. The third kappa shape index (κ3) is 5.15. The lowest BCUT2D eigenvalue weighted by Gasteiger charge is -2.33. The number of benzene rings is 2. The van der Waals surface area contributed by atoms with Crippen LogP contribution in [0, 0.1) is 0 Å². The smallest absolute Gasteiger partial charge is 0.246 e. The molecule has 0 bridgehead atoms. The summed E-state index contributed by atoms with van der Waals surface area (Å²) in [5.74, 6) is 2.64. The molecule has 166 valence electrons. The Morgan fingerprint density at radius 1 is 1.03 bits per heavy atom. The molecule has 1 fully saturated rings. The van der Waals surface area contributed by atoms with E-state index in [0.717, 1.165) is 35.7 Å². The molecule has 0 unspecified atom stereocenters. The van der Waals surface area contributed by atoms with Crippen LogP contribution in [0.15, 0.2) is 59.1 Å². The van der Waals surface area contributed by atoms with Gasteiger partial charge in [-0.05, 0) is 36.4 Å². The molecule has 1 aliphatic rings. The number of para-hydroxylation sites is 1. The van der Waals surface area contributed by atoms with E-state index in [2.05, 4.69) is 15.0 Å². The van der Waals surface area contributed by atoms with Crippen molar-refractivity contribution in [3.8, 4) is 22.9 Å². The maximum Gasteiger partial charge on any atom is 0.246 e. The van der Waals surface area contributed by atoms with Crippen molar-refractivity contribution < 1.29 is 18.8 Å². The standard InChI is InChI=1S/C24H26N4O4/c1-30-20-10-7-19(8-11-20)24-25-22(32-26-24)17-27-13-15-28(16-14-27)23(29)12-9-18-5-3-4-6-21(18)31-2/h3-12H,13-17H2,1-2H3. The molecule has 0 N–H and O–H groups in total. The van der Waals surface area contributed by atoms with Crippen molar-refractivity contribution in [2.24, 2.45) is 0 Å². The average Bonchev–Trinajstić information content (AvgIpc) is 3.31. The first-order chi connectivity index (χ1) is 15.7. The Morgan fingerprint density at radius 2 is 1.78 bits per heavy atom. The normalized spacial score (nSPS) is 14.6. The van der Waals surface area contributed by atoms with E-state index in [4.69, 9.17) is 14.0 Å². The first-order valence-corrected chi connectivity index (χ1v) is 10.5. The molecule has 0 radical (unpaired) electrons. The van der Waals surface area contributed by atoms with Gasteiger partial charge in [0, 0.05) is 43.4 Å². The Hall–Kier alpha value is -3.65. The number of ether oxygens (including phenoxy) is 2. The van der Waals surface area contributed by atoms with Crippen molar-refractivity contribution in [2.45, 2.75) is 6.54 Å². The number of hydrogen-bond donors (Lipinski definition) is 0. The van der Waals surface area contributed by atoms with Gasteiger partial charge in [0.2, 0.25) is 17.6 Å². The molecular weight excluding hydrogens is 408 g/mol. The zero-order valence-corrected chi connectivity index (χ0v) is 18.2. The summed E-state index contributed by atoms with van der Waals surface area (Å²) in [7, 11) is 3.25. The van der Waals surface area contributed by atoms with Crippen molar-refractivity contribution in [1.29, 1.82) is 0 Å². The molecule has 1 amide bonds. The Kier molecular flexibility index (Phi) is 6.81. The van der Waals surface area contributed by atoms with Crippen molar-refractivity contribution >= 4 is 12.0 Å². The summed E-state index contributed by atoms with van der Waals surface area (Å²) in [5, 5.41) is 4.08. The minimum Gasteiger partial charge on any atom is -0.497 e. The Labute approximate surface area is 187 Å². The number of hydrogen-bond acceptors (Lipinski definition) is 7. The molecule has 1 aromatic heterocycles. The second-order valence-electron chi connectivity index (χ2n) is 7.42. The van der Waals surface area contributed by atoms with E-state index in [0.29, 0.717) is 31.3 Å². The molecule has 8 heteroatoms. The summed E-state index contributed by atoms with van der Waals surface area (Å²) >= 11 is 0. The van der Waals surface area contributed by atoms with Gasteiger partial charge in [-0.15, -0.1) is 0 Å².